The summed E-state index contributed by atoms with van der Waals surface area (Å²) in [5.41, 5.74) is 7.68. The van der Waals surface area contributed by atoms with E-state index in [0.717, 1.165) is 28.7 Å². The maximum atomic E-state index is 14.0. The van der Waals surface area contributed by atoms with Gasteiger partial charge in [-0.05, 0) is 37.8 Å². The van der Waals surface area contributed by atoms with Gasteiger partial charge in [0.05, 0.1) is 7.11 Å². The van der Waals surface area contributed by atoms with Crippen LogP contribution in [0, 0.1) is 31.6 Å². The fraction of sp³-hybridized carbons (Fsp3) is 0.314. The van der Waals surface area contributed by atoms with Crippen molar-refractivity contribution in [3.05, 3.63) is 84.8 Å². The summed E-state index contributed by atoms with van der Waals surface area (Å²) in [5.74, 6) is -3.87. The van der Waals surface area contributed by atoms with Crippen molar-refractivity contribution in [3.8, 4) is 0 Å². The van der Waals surface area contributed by atoms with Crippen molar-refractivity contribution in [2.45, 2.75) is 47.0 Å². The first-order chi connectivity index (χ1) is 21.5. The van der Waals surface area contributed by atoms with Crippen molar-refractivity contribution < 1.29 is 29.0 Å². The van der Waals surface area contributed by atoms with Gasteiger partial charge < -0.3 is 30.1 Å². The van der Waals surface area contributed by atoms with Crippen LogP contribution in [0.4, 0.5) is 0 Å². The van der Waals surface area contributed by atoms with Crippen LogP contribution in [0.15, 0.2) is 18.0 Å². The third-order valence-corrected chi connectivity index (χ3v) is 9.39. The molecule has 0 amide bonds. The van der Waals surface area contributed by atoms with Crippen molar-refractivity contribution in [2.75, 3.05) is 7.11 Å². The molecule has 1 aliphatic carbocycles. The molecule has 2 aliphatic heterocycles. The standard InChI is InChI=1S/C35H34N4O6.Mg/c1-7-18-15(3)22-11-23-16(4)20(9-10-28(41)42)32(38-23)30-31(35(44)45-6)34(43)29-17(5)24(39-33(29)30)12-26-19(8-2)21(14-40)27(37-26)13-25(18)36-22;/h7,11-14,16,20,31H,1,8-10H2,2-6H3,(H3,38,39,40,41,42,43);/q-2;+2/p-1/b23-11+,27-13+;/t16-,20-,31+;/m0./s1. The quantitative estimate of drug-likeness (QED) is 0.172. The molecule has 1 saturated heterocycles. The van der Waals surface area contributed by atoms with Gasteiger partial charge in [-0.1, -0.05) is 61.4 Å². The minimum absolute atomic E-state index is 0. The number of carboxylic acids is 1. The molecule has 3 aromatic heterocycles. The summed E-state index contributed by atoms with van der Waals surface area (Å²) in [6.45, 7) is 11.6. The number of ketones is 1. The first kappa shape index (κ1) is 33.0. The van der Waals surface area contributed by atoms with E-state index >= 15 is 0 Å². The molecule has 0 spiro atoms. The number of aldehydes is 1. The van der Waals surface area contributed by atoms with E-state index in [9.17, 15) is 24.3 Å². The Bertz CT molecular complexity index is 2020. The van der Waals surface area contributed by atoms with Crippen LogP contribution in [-0.2, 0) is 20.7 Å². The molecule has 0 unspecified atom stereocenters. The van der Waals surface area contributed by atoms with Gasteiger partial charge in [-0.25, -0.2) is 0 Å². The molecular formula is C35H33MgN4O6-. The number of methoxy groups -OCH3 is 1. The number of hydrogen-bond acceptors (Lipinski definition) is 6. The summed E-state index contributed by atoms with van der Waals surface area (Å²) >= 11 is 0. The summed E-state index contributed by atoms with van der Waals surface area (Å²) in [6, 6.07) is 0. The second kappa shape index (κ2) is 12.4. The minimum atomic E-state index is -1.25. The van der Waals surface area contributed by atoms with Crippen LogP contribution in [-0.4, -0.2) is 59.3 Å². The first-order valence-electron chi connectivity index (χ1n) is 14.9. The van der Waals surface area contributed by atoms with Gasteiger partial charge in [-0.3, -0.25) is 19.2 Å². The van der Waals surface area contributed by atoms with Crippen LogP contribution >= 0.6 is 0 Å². The van der Waals surface area contributed by atoms with Crippen LogP contribution in [0.3, 0.4) is 0 Å². The predicted molar refractivity (Wildman–Crippen MR) is 173 cm³/mol. The average molecular weight is 630 g/mol. The van der Waals surface area contributed by atoms with E-state index in [2.05, 4.69) is 11.9 Å². The molecule has 8 bridgehead atoms. The molecule has 3 atom stereocenters. The second-order valence-electron chi connectivity index (χ2n) is 11.7. The number of carbonyl (C=O) groups is 4. The molecule has 46 heavy (non-hydrogen) atoms. The van der Waals surface area contributed by atoms with Crippen molar-refractivity contribution in [3.63, 3.8) is 0 Å². The molecule has 10 nitrogen and oxygen atoms in total. The fourth-order valence-electron chi connectivity index (χ4n) is 6.98. The fourth-order valence-corrected chi connectivity index (χ4v) is 6.98. The summed E-state index contributed by atoms with van der Waals surface area (Å²) in [7, 11) is 1.24. The number of nitrogens with zero attached hydrogens (tertiary/aromatic N) is 3. The number of aromatic nitrogens is 3. The number of carboxylic acid groups (broad SMARTS) is 1. The van der Waals surface area contributed by atoms with E-state index < -0.39 is 23.6 Å². The molecule has 0 aromatic carbocycles. The Morgan fingerprint density at radius 3 is 2.37 bits per heavy atom. The Kier molecular flexibility index (Phi) is 8.93. The molecule has 11 heteroatoms. The van der Waals surface area contributed by atoms with E-state index in [1.165, 1.54) is 7.11 Å². The van der Waals surface area contributed by atoms with Gasteiger partial charge in [0, 0.05) is 40.8 Å². The number of hydrogen-bond donors (Lipinski definition) is 2. The van der Waals surface area contributed by atoms with Gasteiger partial charge in [0.1, 0.15) is 12.2 Å². The van der Waals surface area contributed by atoms with Gasteiger partial charge in [0.25, 0.3) is 0 Å². The summed E-state index contributed by atoms with van der Waals surface area (Å²) in [5, 5.41) is 14.1. The number of allylic oxidation sites excluding steroid dienone is 2. The monoisotopic (exact) mass is 629 g/mol. The topological polar surface area (TPSA) is 152 Å². The Balaban J connectivity index is 0.00000417. The predicted octanol–water partition coefficient (Wildman–Crippen LogP) is 2.24. The number of aliphatic carboxylic acids is 1. The van der Waals surface area contributed by atoms with Gasteiger partial charge >= 0.3 is 35.0 Å². The summed E-state index contributed by atoms with van der Waals surface area (Å²) in [4.78, 5) is 65.9. The molecule has 3 aliphatic rings. The Morgan fingerprint density at radius 2 is 1.74 bits per heavy atom. The number of rotatable bonds is 7. The van der Waals surface area contributed by atoms with E-state index in [1.807, 2.05) is 26.8 Å². The average Bonchev–Trinajstić information content (AvgIpc) is 3.76. The third-order valence-electron chi connectivity index (χ3n) is 9.39. The smallest absolute Gasteiger partial charge is 0.657 e. The van der Waals surface area contributed by atoms with Gasteiger partial charge in [0.2, 0.25) is 0 Å². The molecule has 0 saturated carbocycles. The van der Waals surface area contributed by atoms with Crippen molar-refractivity contribution in [1.82, 2.24) is 20.3 Å². The Labute approximate surface area is 281 Å². The van der Waals surface area contributed by atoms with E-state index in [1.54, 1.807) is 25.2 Å². The molecule has 6 rings (SSSR count). The molecule has 232 valence electrons. The zero-order chi connectivity index (χ0) is 32.3. The van der Waals surface area contributed by atoms with Crippen LogP contribution in [0.5, 0.6) is 0 Å². The van der Waals surface area contributed by atoms with E-state index in [4.69, 9.17) is 19.7 Å². The zero-order valence-electron chi connectivity index (χ0n) is 26.5. The molecular weight excluding hydrogens is 597 g/mol. The summed E-state index contributed by atoms with van der Waals surface area (Å²) < 4.78 is 5.11. The number of ether oxygens (including phenoxy) is 1. The van der Waals surface area contributed by atoms with Gasteiger partial charge in [-0.15, -0.1) is 33.5 Å². The first-order valence-corrected chi connectivity index (χ1v) is 14.9. The van der Waals surface area contributed by atoms with Crippen LogP contribution in [0.25, 0.3) is 29.9 Å². The van der Waals surface area contributed by atoms with Gasteiger partial charge in [-0.2, -0.15) is 0 Å². The van der Waals surface area contributed by atoms with Crippen LogP contribution < -0.4 is 31.0 Å². The normalized spacial score (nSPS) is 23.6. The zero-order valence-corrected chi connectivity index (χ0v) is 27.9. The van der Waals surface area contributed by atoms with E-state index in [0.29, 0.717) is 67.9 Å². The van der Waals surface area contributed by atoms with Crippen molar-refractivity contribution >= 4 is 76.9 Å². The Morgan fingerprint density at radius 1 is 1.04 bits per heavy atom. The molecule has 1 fully saturated rings. The SMILES string of the molecule is C=Cc1c2[n-]c(c1C)/C=C1/N/C(=C3\c4[n-]c(c(C)c4C(=O)[C@@H]3C(=O)OC)/C=c3/[n-]/c(c(C=O)c3CC)=C/2)[C@@H](CCC(=O)O)[C@@H]1C.[Mg+2]. The third kappa shape index (κ3) is 5.02. The van der Waals surface area contributed by atoms with Crippen molar-refractivity contribution in [2.24, 2.45) is 17.8 Å². The molecule has 5 heterocycles. The van der Waals surface area contributed by atoms with Gasteiger partial charge in [0.15, 0.2) is 5.78 Å². The molecule has 3 aromatic rings. The van der Waals surface area contributed by atoms with Crippen molar-refractivity contribution in [1.29, 1.82) is 0 Å². The number of fused-ring (bicyclic) bond motifs is 7. The molecule has 0 radical (unpaired) electrons. The van der Waals surface area contributed by atoms with Crippen LogP contribution in [0.1, 0.15) is 92.4 Å². The number of nitrogens with one attached hydrogen (secondary N) is 1. The maximum Gasteiger partial charge on any atom is 2.00 e. The number of carbonyl (C=O) groups excluding carboxylic acids is 3. The molecule has 2 N–H and O–H groups in total. The largest absolute Gasteiger partial charge is 2.00 e. The Hall–Kier alpha value is -4.35. The minimum Gasteiger partial charge on any atom is -0.657 e. The number of Topliss-reactive ketones (excluding diaryl/α,β-unsaturated/α-hetero) is 1. The summed E-state index contributed by atoms with van der Waals surface area (Å²) in [6.07, 6.45) is 8.70. The van der Waals surface area contributed by atoms with Crippen LogP contribution in [0.2, 0.25) is 0 Å². The number of esters is 1. The maximum absolute atomic E-state index is 14.0. The van der Waals surface area contributed by atoms with E-state index in [-0.39, 0.29) is 47.7 Å². The second-order valence-corrected chi connectivity index (χ2v) is 11.7.